The lowest BCUT2D eigenvalue weighted by molar-refractivity contribution is -0.116. The van der Waals surface area contributed by atoms with Crippen molar-refractivity contribution in [2.75, 3.05) is 11.9 Å². The van der Waals surface area contributed by atoms with Crippen molar-refractivity contribution in [2.24, 2.45) is 0 Å². The largest absolute Gasteiger partial charge is 0.326 e. The third-order valence-electron chi connectivity index (χ3n) is 4.27. The molecule has 0 aliphatic heterocycles. The first-order chi connectivity index (χ1) is 12.3. The van der Waals surface area contributed by atoms with Crippen LogP contribution in [0.3, 0.4) is 0 Å². The van der Waals surface area contributed by atoms with Gasteiger partial charge in [-0.1, -0.05) is 43.3 Å². The van der Waals surface area contributed by atoms with Gasteiger partial charge in [0, 0.05) is 23.4 Å². The van der Waals surface area contributed by atoms with Crippen LogP contribution in [0, 0.1) is 0 Å². The average Bonchev–Trinajstić information content (AvgIpc) is 3.04. The number of thiophene rings is 1. The van der Waals surface area contributed by atoms with E-state index in [2.05, 4.69) is 53.3 Å². The number of carbonyl (C=O) groups is 1. The number of amides is 1. The molecule has 0 aliphatic carbocycles. The van der Waals surface area contributed by atoms with Crippen LogP contribution in [-0.2, 0) is 17.8 Å². The predicted molar refractivity (Wildman–Crippen MR) is 107 cm³/mol. The zero-order valence-electron chi connectivity index (χ0n) is 14.5. The summed E-state index contributed by atoms with van der Waals surface area (Å²) in [6, 6.07) is 16.4. The first kappa shape index (κ1) is 17.6. The monoisotopic (exact) mass is 352 g/mol. The summed E-state index contributed by atoms with van der Waals surface area (Å²) in [5.74, 6) is 0.0866. The first-order valence-corrected chi connectivity index (χ1v) is 9.69. The summed E-state index contributed by atoms with van der Waals surface area (Å²) in [5.41, 5.74) is 3.39. The maximum absolute atomic E-state index is 12.3. The van der Waals surface area contributed by atoms with Gasteiger partial charge in [0.15, 0.2) is 0 Å². The molecule has 4 heteroatoms. The van der Waals surface area contributed by atoms with Gasteiger partial charge in [-0.2, -0.15) is 0 Å². The van der Waals surface area contributed by atoms with Crippen LogP contribution < -0.4 is 10.6 Å². The highest BCUT2D eigenvalue weighted by Gasteiger charge is 2.08. The fourth-order valence-corrected chi connectivity index (χ4v) is 3.93. The van der Waals surface area contributed by atoms with Crippen LogP contribution in [0.4, 0.5) is 5.69 Å². The average molecular weight is 353 g/mol. The summed E-state index contributed by atoms with van der Waals surface area (Å²) >= 11 is 1.78. The lowest BCUT2D eigenvalue weighted by atomic mass is 10.1. The molecule has 0 radical (unpaired) electrons. The van der Waals surface area contributed by atoms with Gasteiger partial charge in [0.1, 0.15) is 0 Å². The molecule has 0 bridgehead atoms. The number of rotatable bonds is 8. The van der Waals surface area contributed by atoms with E-state index < -0.39 is 0 Å². The second-order valence-corrected chi connectivity index (χ2v) is 7.01. The molecule has 0 spiro atoms. The number of nitrogens with one attached hydrogen (secondary N) is 2. The Hall–Kier alpha value is -2.17. The van der Waals surface area contributed by atoms with Crippen molar-refractivity contribution in [1.82, 2.24) is 5.32 Å². The molecule has 3 rings (SSSR count). The van der Waals surface area contributed by atoms with Gasteiger partial charge < -0.3 is 10.6 Å². The molecule has 0 aliphatic rings. The van der Waals surface area contributed by atoms with Gasteiger partial charge in [-0.3, -0.25) is 4.79 Å². The zero-order valence-corrected chi connectivity index (χ0v) is 15.4. The summed E-state index contributed by atoms with van der Waals surface area (Å²) < 4.78 is 1.32. The van der Waals surface area contributed by atoms with Gasteiger partial charge in [-0.05, 0) is 53.4 Å². The second kappa shape index (κ2) is 8.79. The first-order valence-electron chi connectivity index (χ1n) is 8.81. The molecule has 0 fully saturated rings. The molecule has 0 unspecified atom stereocenters. The van der Waals surface area contributed by atoms with Crippen molar-refractivity contribution < 1.29 is 4.79 Å². The van der Waals surface area contributed by atoms with Gasteiger partial charge in [-0.15, -0.1) is 11.3 Å². The van der Waals surface area contributed by atoms with Crippen LogP contribution in [0.1, 0.15) is 30.9 Å². The van der Waals surface area contributed by atoms with Crippen LogP contribution in [0.15, 0.2) is 53.9 Å². The summed E-state index contributed by atoms with van der Waals surface area (Å²) in [5, 5.41) is 9.91. The molecule has 130 valence electrons. The van der Waals surface area contributed by atoms with Gasteiger partial charge in [0.05, 0.1) is 0 Å². The molecular weight excluding hydrogens is 328 g/mol. The Labute approximate surface area is 153 Å². The Morgan fingerprint density at radius 2 is 1.84 bits per heavy atom. The molecule has 0 saturated carbocycles. The number of hydrogen-bond donors (Lipinski definition) is 2. The lowest BCUT2D eigenvalue weighted by Gasteiger charge is -2.11. The fourth-order valence-electron chi connectivity index (χ4n) is 2.93. The molecule has 3 nitrogen and oxygen atoms in total. The Morgan fingerprint density at radius 3 is 2.72 bits per heavy atom. The number of hydrogen-bond acceptors (Lipinski definition) is 3. The summed E-state index contributed by atoms with van der Waals surface area (Å²) in [4.78, 5) is 12.3. The van der Waals surface area contributed by atoms with Gasteiger partial charge in [0.2, 0.25) is 5.91 Å². The van der Waals surface area contributed by atoms with E-state index in [1.54, 1.807) is 11.3 Å². The van der Waals surface area contributed by atoms with Gasteiger partial charge in [0.25, 0.3) is 0 Å². The van der Waals surface area contributed by atoms with E-state index in [1.807, 2.05) is 18.2 Å². The van der Waals surface area contributed by atoms with Crippen molar-refractivity contribution in [3.05, 3.63) is 65.0 Å². The maximum atomic E-state index is 12.3. The summed E-state index contributed by atoms with van der Waals surface area (Å²) in [6.45, 7) is 3.76. The number of fused-ring (bicyclic) bond motifs is 1. The third-order valence-corrected chi connectivity index (χ3v) is 5.28. The molecule has 1 heterocycles. The second-order valence-electron chi connectivity index (χ2n) is 6.10. The van der Waals surface area contributed by atoms with E-state index in [0.717, 1.165) is 37.2 Å². The third kappa shape index (κ3) is 4.68. The van der Waals surface area contributed by atoms with E-state index in [4.69, 9.17) is 0 Å². The van der Waals surface area contributed by atoms with Gasteiger partial charge >= 0.3 is 0 Å². The predicted octanol–water partition coefficient (Wildman–Crippen LogP) is 4.97. The molecule has 1 aromatic heterocycles. The van der Waals surface area contributed by atoms with Crippen LogP contribution in [0.2, 0.25) is 0 Å². The highest BCUT2D eigenvalue weighted by atomic mass is 32.1. The van der Waals surface area contributed by atoms with Crippen molar-refractivity contribution in [1.29, 1.82) is 0 Å². The minimum absolute atomic E-state index is 0.0866. The topological polar surface area (TPSA) is 41.1 Å². The number of benzene rings is 2. The van der Waals surface area contributed by atoms with Crippen LogP contribution in [-0.4, -0.2) is 12.5 Å². The summed E-state index contributed by atoms with van der Waals surface area (Å²) in [6.07, 6.45) is 2.35. The number of anilines is 1. The van der Waals surface area contributed by atoms with E-state index in [1.165, 1.54) is 15.6 Å². The standard InChI is InChI=1S/C21H24N2OS/c1-2-22-14-16-8-3-5-11-19(16)23-21(24)13-7-9-17-15-25-20-12-6-4-10-18(17)20/h3-6,8,10-12,15,22H,2,7,9,13-14H2,1H3,(H,23,24). The molecule has 0 atom stereocenters. The van der Waals surface area contributed by atoms with E-state index in [0.29, 0.717) is 6.42 Å². The molecular formula is C21H24N2OS. The Kier molecular flexibility index (Phi) is 6.20. The van der Waals surface area contributed by atoms with Crippen molar-refractivity contribution in [3.63, 3.8) is 0 Å². The van der Waals surface area contributed by atoms with E-state index in [-0.39, 0.29) is 5.91 Å². The smallest absolute Gasteiger partial charge is 0.224 e. The molecule has 1 amide bonds. The van der Waals surface area contributed by atoms with Crippen molar-refractivity contribution in [3.8, 4) is 0 Å². The molecule has 2 aromatic carbocycles. The van der Waals surface area contributed by atoms with Crippen molar-refractivity contribution >= 4 is 33.0 Å². The van der Waals surface area contributed by atoms with Crippen LogP contribution in [0.5, 0.6) is 0 Å². The Morgan fingerprint density at radius 1 is 1.04 bits per heavy atom. The summed E-state index contributed by atoms with van der Waals surface area (Å²) in [7, 11) is 0. The Bertz CT molecular complexity index is 841. The SMILES string of the molecule is CCNCc1ccccc1NC(=O)CCCc1csc2ccccc12. The number of aryl methyl sites for hydroxylation is 1. The van der Waals surface area contributed by atoms with Gasteiger partial charge in [-0.25, -0.2) is 0 Å². The number of para-hydroxylation sites is 1. The fraction of sp³-hybridized carbons (Fsp3) is 0.286. The molecule has 2 N–H and O–H groups in total. The molecule has 0 saturated heterocycles. The minimum Gasteiger partial charge on any atom is -0.326 e. The maximum Gasteiger partial charge on any atom is 0.224 e. The van der Waals surface area contributed by atoms with Crippen LogP contribution in [0.25, 0.3) is 10.1 Å². The highest BCUT2D eigenvalue weighted by Crippen LogP contribution is 2.26. The van der Waals surface area contributed by atoms with Crippen molar-refractivity contribution in [2.45, 2.75) is 32.7 Å². The molecule has 3 aromatic rings. The van der Waals surface area contributed by atoms with Crippen LogP contribution >= 0.6 is 11.3 Å². The number of carbonyl (C=O) groups excluding carboxylic acids is 1. The van der Waals surface area contributed by atoms with E-state index >= 15 is 0 Å². The minimum atomic E-state index is 0.0866. The lowest BCUT2D eigenvalue weighted by Crippen LogP contribution is -2.16. The van der Waals surface area contributed by atoms with E-state index in [9.17, 15) is 4.79 Å². The Balaban J connectivity index is 1.53. The normalized spacial score (nSPS) is 10.9. The quantitative estimate of drug-likeness (QED) is 0.601. The molecule has 25 heavy (non-hydrogen) atoms. The highest BCUT2D eigenvalue weighted by molar-refractivity contribution is 7.17. The zero-order chi connectivity index (χ0) is 17.5.